The van der Waals surface area contributed by atoms with Crippen molar-refractivity contribution in [2.75, 3.05) is 0 Å². The maximum Gasteiger partial charge on any atom is 0.120 e. The molecule has 3 rings (SSSR count). The molecule has 20 heavy (non-hydrogen) atoms. The Labute approximate surface area is 119 Å². The lowest BCUT2D eigenvalue weighted by molar-refractivity contribution is 0.306. The van der Waals surface area contributed by atoms with Gasteiger partial charge >= 0.3 is 0 Å². The topological polar surface area (TPSA) is 25.0 Å². The van der Waals surface area contributed by atoms with E-state index < -0.39 is 0 Å². The van der Waals surface area contributed by atoms with Gasteiger partial charge in [-0.15, -0.1) is 0 Å². The third kappa shape index (κ3) is 2.69. The number of ether oxygens (including phenoxy) is 1. The molecular formula is C18H19NO. The lowest BCUT2D eigenvalue weighted by Gasteiger charge is -2.09. The monoisotopic (exact) mass is 265 g/mol. The van der Waals surface area contributed by atoms with Crippen LogP contribution in [0, 0.1) is 0 Å². The Kier molecular flexibility index (Phi) is 3.46. The van der Waals surface area contributed by atoms with Gasteiger partial charge in [-0.25, -0.2) is 0 Å². The summed E-state index contributed by atoms with van der Waals surface area (Å²) in [5, 5.41) is 1.18. The van der Waals surface area contributed by atoms with Crippen LogP contribution in [0.4, 0.5) is 0 Å². The summed E-state index contributed by atoms with van der Waals surface area (Å²) < 4.78 is 5.86. The summed E-state index contributed by atoms with van der Waals surface area (Å²) in [5.41, 5.74) is 3.70. The van der Waals surface area contributed by atoms with Crippen LogP contribution < -0.4 is 4.74 Å². The Morgan fingerprint density at radius 1 is 1.00 bits per heavy atom. The van der Waals surface area contributed by atoms with Crippen molar-refractivity contribution in [1.82, 2.24) is 4.98 Å². The van der Waals surface area contributed by atoms with Gasteiger partial charge in [0.15, 0.2) is 0 Å². The average Bonchev–Trinajstić information content (AvgIpc) is 2.93. The smallest absolute Gasteiger partial charge is 0.120 e. The van der Waals surface area contributed by atoms with Crippen molar-refractivity contribution in [2.24, 2.45) is 0 Å². The maximum absolute atomic E-state index is 5.86. The highest BCUT2D eigenvalue weighted by atomic mass is 16.5. The number of hydrogen-bond donors (Lipinski definition) is 1. The summed E-state index contributed by atoms with van der Waals surface area (Å²) in [6.07, 6.45) is 1.94. The number of rotatable bonds is 4. The van der Waals surface area contributed by atoms with Gasteiger partial charge in [0.2, 0.25) is 0 Å². The summed E-state index contributed by atoms with van der Waals surface area (Å²) in [6, 6.07) is 16.8. The Bertz CT molecular complexity index is 695. The molecule has 0 saturated carbocycles. The Morgan fingerprint density at radius 2 is 1.80 bits per heavy atom. The molecule has 0 atom stereocenters. The first kappa shape index (κ1) is 12.8. The average molecular weight is 265 g/mol. The van der Waals surface area contributed by atoms with Gasteiger partial charge in [0, 0.05) is 17.1 Å². The molecule has 0 aliphatic rings. The van der Waals surface area contributed by atoms with Gasteiger partial charge in [-0.3, -0.25) is 0 Å². The van der Waals surface area contributed by atoms with Crippen LogP contribution in [0.5, 0.6) is 5.75 Å². The van der Waals surface area contributed by atoms with E-state index in [0.717, 1.165) is 11.3 Å². The predicted octanol–water partition coefficient (Wildman–Crippen LogP) is 4.87. The van der Waals surface area contributed by atoms with Gasteiger partial charge in [0.05, 0.1) is 0 Å². The van der Waals surface area contributed by atoms with Crippen molar-refractivity contribution in [3.8, 4) is 5.75 Å². The van der Waals surface area contributed by atoms with E-state index in [4.69, 9.17) is 4.74 Å². The number of aromatic amines is 1. The predicted molar refractivity (Wildman–Crippen MR) is 83.2 cm³/mol. The van der Waals surface area contributed by atoms with E-state index in [9.17, 15) is 0 Å². The molecule has 0 bridgehead atoms. The lowest BCUT2D eigenvalue weighted by atomic mass is 10.0. The molecule has 0 unspecified atom stereocenters. The Hall–Kier alpha value is -2.22. The summed E-state index contributed by atoms with van der Waals surface area (Å²) in [6.45, 7) is 5.02. The Balaban J connectivity index is 1.69. The van der Waals surface area contributed by atoms with Crippen molar-refractivity contribution >= 4 is 10.9 Å². The second kappa shape index (κ2) is 5.41. The molecule has 0 aliphatic carbocycles. The van der Waals surface area contributed by atoms with Gasteiger partial charge in [-0.05, 0) is 41.3 Å². The summed E-state index contributed by atoms with van der Waals surface area (Å²) in [5.74, 6) is 1.48. The highest BCUT2D eigenvalue weighted by molar-refractivity contribution is 5.80. The van der Waals surface area contributed by atoms with Crippen LogP contribution in [0.3, 0.4) is 0 Å². The van der Waals surface area contributed by atoms with Crippen molar-refractivity contribution in [2.45, 2.75) is 26.4 Å². The zero-order valence-corrected chi connectivity index (χ0v) is 11.9. The van der Waals surface area contributed by atoms with Gasteiger partial charge in [0.1, 0.15) is 12.4 Å². The van der Waals surface area contributed by atoms with Crippen molar-refractivity contribution in [1.29, 1.82) is 0 Å². The minimum atomic E-state index is 0.570. The van der Waals surface area contributed by atoms with E-state index in [0.29, 0.717) is 12.5 Å². The molecule has 0 spiro atoms. The molecule has 0 radical (unpaired) electrons. The van der Waals surface area contributed by atoms with Crippen LogP contribution in [-0.2, 0) is 6.61 Å². The first-order valence-electron chi connectivity index (χ1n) is 7.01. The molecule has 102 valence electrons. The first-order valence-corrected chi connectivity index (χ1v) is 7.01. The molecule has 2 heteroatoms. The first-order chi connectivity index (χ1) is 9.72. The Morgan fingerprint density at radius 3 is 2.55 bits per heavy atom. The van der Waals surface area contributed by atoms with Crippen LogP contribution in [0.15, 0.2) is 54.7 Å². The minimum Gasteiger partial charge on any atom is -0.489 e. The molecular weight excluding hydrogens is 246 g/mol. The van der Waals surface area contributed by atoms with E-state index in [1.807, 2.05) is 18.3 Å². The molecule has 0 aliphatic heterocycles. The zero-order valence-electron chi connectivity index (χ0n) is 11.9. The van der Waals surface area contributed by atoms with Crippen LogP contribution in [-0.4, -0.2) is 4.98 Å². The summed E-state index contributed by atoms with van der Waals surface area (Å²) in [7, 11) is 0. The number of fused-ring (bicyclic) bond motifs is 1. The molecule has 1 heterocycles. The van der Waals surface area contributed by atoms with Crippen molar-refractivity contribution in [3.63, 3.8) is 0 Å². The van der Waals surface area contributed by atoms with E-state index in [2.05, 4.69) is 55.2 Å². The number of nitrogens with one attached hydrogen (secondary N) is 1. The van der Waals surface area contributed by atoms with Gasteiger partial charge in [0.25, 0.3) is 0 Å². The third-order valence-electron chi connectivity index (χ3n) is 3.58. The van der Waals surface area contributed by atoms with Crippen LogP contribution in [0.2, 0.25) is 0 Å². The molecule has 2 aromatic carbocycles. The highest BCUT2D eigenvalue weighted by Gasteiger charge is 2.01. The van der Waals surface area contributed by atoms with Crippen LogP contribution in [0.1, 0.15) is 30.9 Å². The standard InChI is InChI=1S/C18H19NO/c1-13(2)15-5-3-14(4-6-15)12-20-17-7-8-18-16(11-17)9-10-19-18/h3-11,13,19H,12H2,1-2H3. The van der Waals surface area contributed by atoms with E-state index >= 15 is 0 Å². The van der Waals surface area contributed by atoms with E-state index in [1.165, 1.54) is 16.5 Å². The largest absolute Gasteiger partial charge is 0.489 e. The number of hydrogen-bond acceptors (Lipinski definition) is 1. The van der Waals surface area contributed by atoms with Crippen LogP contribution >= 0.6 is 0 Å². The lowest BCUT2D eigenvalue weighted by Crippen LogP contribution is -1.96. The quantitative estimate of drug-likeness (QED) is 0.715. The van der Waals surface area contributed by atoms with Gasteiger partial charge in [-0.1, -0.05) is 38.1 Å². The molecule has 0 fully saturated rings. The fourth-order valence-electron chi connectivity index (χ4n) is 2.29. The summed E-state index contributed by atoms with van der Waals surface area (Å²) >= 11 is 0. The van der Waals surface area contributed by atoms with Crippen molar-refractivity contribution in [3.05, 3.63) is 65.9 Å². The number of benzene rings is 2. The molecule has 3 aromatic rings. The van der Waals surface area contributed by atoms with Crippen molar-refractivity contribution < 1.29 is 4.74 Å². The highest BCUT2D eigenvalue weighted by Crippen LogP contribution is 2.21. The fourth-order valence-corrected chi connectivity index (χ4v) is 2.29. The normalized spacial score (nSPS) is 11.2. The zero-order chi connectivity index (χ0) is 13.9. The second-order valence-corrected chi connectivity index (χ2v) is 5.41. The number of H-pyrrole nitrogens is 1. The molecule has 0 saturated heterocycles. The molecule has 2 nitrogen and oxygen atoms in total. The molecule has 1 N–H and O–H groups in total. The van der Waals surface area contributed by atoms with Crippen LogP contribution in [0.25, 0.3) is 10.9 Å². The van der Waals surface area contributed by atoms with E-state index in [1.54, 1.807) is 0 Å². The third-order valence-corrected chi connectivity index (χ3v) is 3.58. The summed E-state index contributed by atoms with van der Waals surface area (Å²) in [4.78, 5) is 3.18. The molecule has 0 amide bonds. The number of aromatic nitrogens is 1. The van der Waals surface area contributed by atoms with Gasteiger partial charge in [-0.2, -0.15) is 0 Å². The van der Waals surface area contributed by atoms with Gasteiger partial charge < -0.3 is 9.72 Å². The fraction of sp³-hybridized carbons (Fsp3) is 0.222. The SMILES string of the molecule is CC(C)c1ccc(COc2ccc3[nH]ccc3c2)cc1. The minimum absolute atomic E-state index is 0.570. The second-order valence-electron chi connectivity index (χ2n) is 5.41. The molecule has 1 aromatic heterocycles. The maximum atomic E-state index is 5.86. The van der Waals surface area contributed by atoms with E-state index in [-0.39, 0.29) is 0 Å².